The SMILES string of the molecule is CN=C(NCCCOC1CCOC1)NCCn1cc([N+](=O)[O-])cn1.I. The van der Waals surface area contributed by atoms with Crippen molar-refractivity contribution in [3.05, 3.63) is 22.5 Å². The number of nitrogens with zero attached hydrogens (tertiary/aromatic N) is 4. The number of halogens is 1. The Morgan fingerprint density at radius 3 is 3.00 bits per heavy atom. The lowest BCUT2D eigenvalue weighted by atomic mass is 10.3. The van der Waals surface area contributed by atoms with Crippen LogP contribution in [-0.2, 0) is 16.0 Å². The topological polar surface area (TPSA) is 116 Å². The largest absolute Gasteiger partial charge is 0.379 e. The minimum absolute atomic E-state index is 0. The molecule has 142 valence electrons. The molecule has 0 bridgehead atoms. The van der Waals surface area contributed by atoms with Gasteiger partial charge >= 0.3 is 5.69 Å². The van der Waals surface area contributed by atoms with Crippen molar-refractivity contribution in [2.24, 2.45) is 4.99 Å². The summed E-state index contributed by atoms with van der Waals surface area (Å²) in [5, 5.41) is 20.9. The molecule has 2 N–H and O–H groups in total. The Balaban J connectivity index is 0.00000312. The monoisotopic (exact) mass is 468 g/mol. The number of guanidine groups is 1. The van der Waals surface area contributed by atoms with Crippen molar-refractivity contribution in [3.8, 4) is 0 Å². The summed E-state index contributed by atoms with van der Waals surface area (Å²) in [6.45, 7) is 4.00. The van der Waals surface area contributed by atoms with E-state index >= 15 is 0 Å². The van der Waals surface area contributed by atoms with Crippen molar-refractivity contribution in [3.63, 3.8) is 0 Å². The zero-order valence-electron chi connectivity index (χ0n) is 14.2. The molecule has 2 rings (SSSR count). The molecule has 1 saturated heterocycles. The minimum atomic E-state index is -0.461. The van der Waals surface area contributed by atoms with Crippen molar-refractivity contribution < 1.29 is 14.4 Å². The fraction of sp³-hybridized carbons (Fsp3) is 0.714. The second-order valence-electron chi connectivity index (χ2n) is 5.35. The Bertz CT molecular complexity index is 547. The molecular weight excluding hydrogens is 443 g/mol. The van der Waals surface area contributed by atoms with Crippen LogP contribution in [0.5, 0.6) is 0 Å². The maximum atomic E-state index is 10.6. The lowest BCUT2D eigenvalue weighted by Crippen LogP contribution is -2.39. The highest BCUT2D eigenvalue weighted by atomic mass is 127. The van der Waals surface area contributed by atoms with Gasteiger partial charge in [0.15, 0.2) is 5.96 Å². The molecule has 0 saturated carbocycles. The number of aliphatic imine (C=N–C) groups is 1. The number of nitro groups is 1. The third kappa shape index (κ3) is 7.96. The van der Waals surface area contributed by atoms with Gasteiger partial charge in [0.05, 0.1) is 24.2 Å². The molecule has 0 spiro atoms. The first kappa shape index (κ1) is 21.6. The van der Waals surface area contributed by atoms with E-state index in [1.54, 1.807) is 7.05 Å². The van der Waals surface area contributed by atoms with Gasteiger partial charge in [0, 0.05) is 33.4 Å². The number of hydrogen-bond donors (Lipinski definition) is 2. The lowest BCUT2D eigenvalue weighted by molar-refractivity contribution is -0.385. The normalized spacial score (nSPS) is 17.2. The summed E-state index contributed by atoms with van der Waals surface area (Å²) in [6.07, 6.45) is 4.73. The summed E-state index contributed by atoms with van der Waals surface area (Å²) in [4.78, 5) is 14.3. The van der Waals surface area contributed by atoms with Crippen LogP contribution in [0, 0.1) is 10.1 Å². The van der Waals surface area contributed by atoms with Gasteiger partial charge in [-0.2, -0.15) is 5.10 Å². The molecule has 1 aromatic heterocycles. The zero-order valence-corrected chi connectivity index (χ0v) is 16.5. The number of rotatable bonds is 9. The average molecular weight is 468 g/mol. The molecule has 0 aromatic carbocycles. The quantitative estimate of drug-likeness (QED) is 0.137. The standard InChI is InChI=1S/C14H24N6O4.HI/c1-15-14(16-4-2-7-24-13-3-8-23-11-13)17-5-6-19-10-12(9-18-19)20(21)22;/h9-10,13H,2-8,11H2,1H3,(H2,15,16,17);1H. The molecule has 1 aliphatic rings. The van der Waals surface area contributed by atoms with Gasteiger partial charge in [-0.25, -0.2) is 0 Å². The molecule has 1 aromatic rings. The van der Waals surface area contributed by atoms with E-state index in [9.17, 15) is 10.1 Å². The van der Waals surface area contributed by atoms with Crippen LogP contribution in [0.3, 0.4) is 0 Å². The molecule has 0 radical (unpaired) electrons. The van der Waals surface area contributed by atoms with Crippen LogP contribution in [-0.4, -0.2) is 66.7 Å². The van der Waals surface area contributed by atoms with E-state index in [-0.39, 0.29) is 35.8 Å². The summed E-state index contributed by atoms with van der Waals surface area (Å²) in [7, 11) is 1.69. The van der Waals surface area contributed by atoms with Crippen LogP contribution in [0.25, 0.3) is 0 Å². The van der Waals surface area contributed by atoms with Crippen molar-refractivity contribution in [2.75, 3.05) is 40.0 Å². The van der Waals surface area contributed by atoms with Gasteiger partial charge in [0.25, 0.3) is 0 Å². The molecule has 1 fully saturated rings. The Morgan fingerprint density at radius 1 is 1.56 bits per heavy atom. The highest BCUT2D eigenvalue weighted by Crippen LogP contribution is 2.08. The van der Waals surface area contributed by atoms with Crippen molar-refractivity contribution in [2.45, 2.75) is 25.5 Å². The molecule has 1 unspecified atom stereocenters. The lowest BCUT2D eigenvalue weighted by Gasteiger charge is -2.13. The zero-order chi connectivity index (χ0) is 17.2. The smallest absolute Gasteiger partial charge is 0.306 e. The first-order chi connectivity index (χ1) is 11.7. The average Bonchev–Trinajstić information content (AvgIpc) is 3.24. The summed E-state index contributed by atoms with van der Waals surface area (Å²) < 4.78 is 12.5. The molecule has 10 nitrogen and oxygen atoms in total. The molecule has 1 atom stereocenters. The van der Waals surface area contributed by atoms with E-state index in [4.69, 9.17) is 9.47 Å². The molecule has 2 heterocycles. The second kappa shape index (κ2) is 12.0. The van der Waals surface area contributed by atoms with Gasteiger partial charge in [-0.3, -0.25) is 19.8 Å². The Morgan fingerprint density at radius 2 is 2.36 bits per heavy atom. The summed E-state index contributed by atoms with van der Waals surface area (Å²) in [6, 6.07) is 0. The van der Waals surface area contributed by atoms with E-state index in [1.807, 2.05) is 0 Å². The van der Waals surface area contributed by atoms with Crippen molar-refractivity contribution >= 4 is 35.6 Å². The first-order valence-corrected chi connectivity index (χ1v) is 7.99. The number of aromatic nitrogens is 2. The summed E-state index contributed by atoms with van der Waals surface area (Å²) >= 11 is 0. The third-order valence-electron chi connectivity index (χ3n) is 3.54. The first-order valence-electron chi connectivity index (χ1n) is 7.99. The van der Waals surface area contributed by atoms with Gasteiger partial charge in [0.2, 0.25) is 0 Å². The van der Waals surface area contributed by atoms with Crippen LogP contribution >= 0.6 is 24.0 Å². The predicted octanol–water partition coefficient (Wildman–Crippen LogP) is 0.770. The van der Waals surface area contributed by atoms with Crippen LogP contribution in [0.2, 0.25) is 0 Å². The second-order valence-corrected chi connectivity index (χ2v) is 5.35. The van der Waals surface area contributed by atoms with Gasteiger partial charge in [-0.15, -0.1) is 24.0 Å². The molecule has 0 amide bonds. The maximum absolute atomic E-state index is 10.6. The Hall–Kier alpha value is -1.47. The van der Waals surface area contributed by atoms with Crippen LogP contribution < -0.4 is 10.6 Å². The summed E-state index contributed by atoms with van der Waals surface area (Å²) in [5.41, 5.74) is -0.00910. The van der Waals surface area contributed by atoms with Gasteiger partial charge in [-0.1, -0.05) is 0 Å². The van der Waals surface area contributed by atoms with Crippen LogP contribution in [0.1, 0.15) is 12.8 Å². The fourth-order valence-corrected chi connectivity index (χ4v) is 2.25. The molecule has 25 heavy (non-hydrogen) atoms. The van der Waals surface area contributed by atoms with Gasteiger partial charge in [-0.05, 0) is 12.8 Å². The summed E-state index contributed by atoms with van der Waals surface area (Å²) in [5.74, 6) is 0.681. The number of nitrogens with one attached hydrogen (secondary N) is 2. The third-order valence-corrected chi connectivity index (χ3v) is 3.54. The molecule has 0 aliphatic carbocycles. The Labute approximate surface area is 163 Å². The van der Waals surface area contributed by atoms with E-state index in [0.717, 1.165) is 26.0 Å². The van der Waals surface area contributed by atoms with E-state index < -0.39 is 4.92 Å². The van der Waals surface area contributed by atoms with Crippen molar-refractivity contribution in [1.82, 2.24) is 20.4 Å². The number of hydrogen-bond acceptors (Lipinski definition) is 6. The fourth-order valence-electron chi connectivity index (χ4n) is 2.25. The minimum Gasteiger partial charge on any atom is -0.379 e. The van der Waals surface area contributed by atoms with E-state index in [2.05, 4.69) is 20.7 Å². The van der Waals surface area contributed by atoms with Crippen molar-refractivity contribution in [1.29, 1.82) is 0 Å². The van der Waals surface area contributed by atoms with Gasteiger partial charge < -0.3 is 20.1 Å². The Kier molecular flexibility index (Phi) is 10.3. The van der Waals surface area contributed by atoms with E-state index in [1.165, 1.54) is 17.1 Å². The molecular formula is C14H25IN6O4. The van der Waals surface area contributed by atoms with Crippen LogP contribution in [0.4, 0.5) is 5.69 Å². The van der Waals surface area contributed by atoms with Crippen LogP contribution in [0.15, 0.2) is 17.4 Å². The van der Waals surface area contributed by atoms with E-state index in [0.29, 0.717) is 32.3 Å². The molecule has 11 heteroatoms. The molecule has 1 aliphatic heterocycles. The predicted molar refractivity (Wildman–Crippen MR) is 103 cm³/mol. The van der Waals surface area contributed by atoms with Gasteiger partial charge in [0.1, 0.15) is 12.4 Å². The highest BCUT2D eigenvalue weighted by Gasteiger charge is 2.15. The number of ether oxygens (including phenoxy) is 2. The maximum Gasteiger partial charge on any atom is 0.306 e. The highest BCUT2D eigenvalue weighted by molar-refractivity contribution is 14.0.